The van der Waals surface area contributed by atoms with Crippen LogP contribution in [0.15, 0.2) is 26.0 Å². The van der Waals surface area contributed by atoms with E-state index in [-0.39, 0.29) is 24.3 Å². The highest BCUT2D eigenvalue weighted by molar-refractivity contribution is 6.00. The fourth-order valence-corrected chi connectivity index (χ4v) is 6.60. The third-order valence-electron chi connectivity index (χ3n) is 8.40. The number of piperidine rings is 3. The first-order valence-electron chi connectivity index (χ1n) is 12.3. The highest BCUT2D eigenvalue weighted by atomic mass is 16.4. The number of fused-ring (bicyclic) bond motifs is 6. The molecule has 2 bridgehead atoms. The lowest BCUT2D eigenvalue weighted by Gasteiger charge is -2.52. The maximum atomic E-state index is 13.4. The minimum atomic E-state index is -0.453. The summed E-state index contributed by atoms with van der Waals surface area (Å²) in [6, 6.07) is 2.26. The fourth-order valence-electron chi connectivity index (χ4n) is 6.60. The van der Waals surface area contributed by atoms with Crippen molar-refractivity contribution in [3.63, 3.8) is 0 Å². The summed E-state index contributed by atoms with van der Waals surface area (Å²) in [4.78, 5) is 42.8. The summed E-state index contributed by atoms with van der Waals surface area (Å²) in [7, 11) is 0. The SMILES string of the molecule is Cc1coc2c(C)c3oc(=O)c(CC(=O)N4C[C@H]5C[C@@H](C4)C4CCCC(=O)N4C5)c(C)c3cc12. The van der Waals surface area contributed by atoms with E-state index in [4.69, 9.17) is 8.83 Å². The second kappa shape index (κ2) is 7.72. The molecule has 34 heavy (non-hydrogen) atoms. The Morgan fingerprint density at radius 2 is 1.88 bits per heavy atom. The number of amides is 2. The van der Waals surface area contributed by atoms with Gasteiger partial charge in [-0.15, -0.1) is 0 Å². The normalized spacial score (nSPS) is 24.7. The lowest BCUT2D eigenvalue weighted by Crippen LogP contribution is -2.61. The number of rotatable bonds is 2. The van der Waals surface area contributed by atoms with Crippen molar-refractivity contribution in [2.75, 3.05) is 19.6 Å². The third kappa shape index (κ3) is 3.20. The van der Waals surface area contributed by atoms with Gasteiger partial charge in [0.2, 0.25) is 11.8 Å². The molecular weight excluding hydrogens is 432 g/mol. The molecule has 7 heteroatoms. The Balaban J connectivity index is 1.30. The van der Waals surface area contributed by atoms with Gasteiger partial charge in [-0.3, -0.25) is 9.59 Å². The molecule has 3 saturated heterocycles. The van der Waals surface area contributed by atoms with Gasteiger partial charge in [-0.2, -0.15) is 0 Å². The molecule has 0 saturated carbocycles. The van der Waals surface area contributed by atoms with Crippen LogP contribution in [0.1, 0.15) is 47.9 Å². The molecule has 2 amide bonds. The summed E-state index contributed by atoms with van der Waals surface area (Å²) in [5, 5.41) is 1.85. The molecule has 3 aromatic rings. The first-order chi connectivity index (χ1) is 16.3. The van der Waals surface area contributed by atoms with Crippen LogP contribution in [0.5, 0.6) is 0 Å². The number of hydrogen-bond acceptors (Lipinski definition) is 5. The minimum Gasteiger partial charge on any atom is -0.464 e. The van der Waals surface area contributed by atoms with Crippen molar-refractivity contribution in [1.29, 1.82) is 0 Å². The first kappa shape index (κ1) is 21.4. The van der Waals surface area contributed by atoms with E-state index in [9.17, 15) is 14.4 Å². The van der Waals surface area contributed by atoms with Gasteiger partial charge in [0, 0.05) is 48.4 Å². The lowest BCUT2D eigenvalue weighted by molar-refractivity contribution is -0.148. The van der Waals surface area contributed by atoms with Crippen LogP contribution >= 0.6 is 0 Å². The summed E-state index contributed by atoms with van der Waals surface area (Å²) >= 11 is 0. The number of benzene rings is 1. The van der Waals surface area contributed by atoms with Crippen LogP contribution < -0.4 is 5.63 Å². The zero-order valence-corrected chi connectivity index (χ0v) is 20.0. The summed E-state index contributed by atoms with van der Waals surface area (Å²) < 4.78 is 11.4. The molecule has 1 unspecified atom stereocenters. The van der Waals surface area contributed by atoms with Crippen LogP contribution in [0.3, 0.4) is 0 Å². The molecule has 3 aliphatic heterocycles. The van der Waals surface area contributed by atoms with Crippen molar-refractivity contribution >= 4 is 33.8 Å². The molecular formula is C27H30N2O5. The van der Waals surface area contributed by atoms with Crippen molar-refractivity contribution in [3.8, 4) is 0 Å². The Morgan fingerprint density at radius 1 is 1.06 bits per heavy atom. The van der Waals surface area contributed by atoms with Gasteiger partial charge in [0.05, 0.1) is 18.2 Å². The predicted octanol–water partition coefficient (Wildman–Crippen LogP) is 3.87. The number of aryl methyl sites for hydroxylation is 3. The quantitative estimate of drug-likeness (QED) is 0.540. The number of carbonyl (C=O) groups is 2. The summed E-state index contributed by atoms with van der Waals surface area (Å²) in [5.41, 5.74) is 3.86. The van der Waals surface area contributed by atoms with E-state index >= 15 is 0 Å². The van der Waals surface area contributed by atoms with E-state index in [1.54, 1.807) is 6.26 Å². The van der Waals surface area contributed by atoms with Crippen LogP contribution in [0.2, 0.25) is 0 Å². The van der Waals surface area contributed by atoms with E-state index < -0.39 is 5.63 Å². The second-order valence-electron chi connectivity index (χ2n) is 10.5. The lowest BCUT2D eigenvalue weighted by atomic mass is 9.76. The van der Waals surface area contributed by atoms with Gasteiger partial charge < -0.3 is 18.6 Å². The molecule has 2 aromatic heterocycles. The molecule has 178 valence electrons. The van der Waals surface area contributed by atoms with Gasteiger partial charge in [-0.05, 0) is 69.1 Å². The van der Waals surface area contributed by atoms with Gasteiger partial charge in [-0.25, -0.2) is 4.79 Å². The van der Waals surface area contributed by atoms with Crippen molar-refractivity contribution in [2.24, 2.45) is 11.8 Å². The molecule has 3 fully saturated rings. The highest BCUT2D eigenvalue weighted by Crippen LogP contribution is 2.38. The fraction of sp³-hybridized carbons (Fsp3) is 0.519. The Bertz CT molecular complexity index is 1400. The largest absolute Gasteiger partial charge is 0.464 e. The second-order valence-corrected chi connectivity index (χ2v) is 10.5. The van der Waals surface area contributed by atoms with Gasteiger partial charge >= 0.3 is 5.63 Å². The Labute approximate surface area is 197 Å². The van der Waals surface area contributed by atoms with Crippen LogP contribution in [0.4, 0.5) is 0 Å². The smallest absolute Gasteiger partial charge is 0.340 e. The summed E-state index contributed by atoms with van der Waals surface area (Å²) in [6.07, 6.45) is 5.45. The number of hydrogen-bond donors (Lipinski definition) is 0. The number of furan rings is 1. The van der Waals surface area contributed by atoms with Crippen LogP contribution in [0, 0.1) is 32.6 Å². The number of nitrogens with zero attached hydrogens (tertiary/aromatic N) is 2. The Kier molecular flexibility index (Phi) is 4.87. The molecule has 0 aliphatic carbocycles. The molecule has 3 aliphatic rings. The molecule has 7 nitrogen and oxygen atoms in total. The summed E-state index contributed by atoms with van der Waals surface area (Å²) in [6.45, 7) is 7.85. The molecule has 0 radical (unpaired) electrons. The van der Waals surface area contributed by atoms with Crippen LogP contribution in [-0.4, -0.2) is 47.3 Å². The molecule has 6 rings (SSSR count). The highest BCUT2D eigenvalue weighted by Gasteiger charge is 2.44. The molecule has 1 aromatic carbocycles. The van der Waals surface area contributed by atoms with E-state index in [1.165, 1.54) is 0 Å². The van der Waals surface area contributed by atoms with Gasteiger partial charge in [0.25, 0.3) is 0 Å². The number of carbonyl (C=O) groups excluding carboxylic acids is 2. The third-order valence-corrected chi connectivity index (χ3v) is 8.40. The van der Waals surface area contributed by atoms with Crippen molar-refractivity contribution in [1.82, 2.24) is 9.80 Å². The van der Waals surface area contributed by atoms with Crippen molar-refractivity contribution in [2.45, 2.75) is 58.9 Å². The molecule has 0 spiro atoms. The van der Waals surface area contributed by atoms with Crippen LogP contribution in [0.25, 0.3) is 21.9 Å². The van der Waals surface area contributed by atoms with Gasteiger partial charge in [0.15, 0.2) is 0 Å². The van der Waals surface area contributed by atoms with Gasteiger partial charge in [-0.1, -0.05) is 0 Å². The zero-order chi connectivity index (χ0) is 23.7. The van der Waals surface area contributed by atoms with Crippen LogP contribution in [-0.2, 0) is 16.0 Å². The monoisotopic (exact) mass is 462 g/mol. The minimum absolute atomic E-state index is 0.0303. The maximum absolute atomic E-state index is 13.4. The molecule has 5 heterocycles. The standard InChI is InChI=1S/C27H30N2O5/c1-14-13-33-25-16(3)26-20(8-19(14)25)15(2)21(27(32)34-26)9-24(31)28-10-17-7-18(12-28)22-5-4-6-23(30)29(22)11-17/h8,13,17-18,22H,4-7,9-12H2,1-3H3/t17-,18+,22?/m1/s1. The molecule has 0 N–H and O–H groups in total. The van der Waals surface area contributed by atoms with E-state index in [0.29, 0.717) is 42.5 Å². The Hall–Kier alpha value is -3.09. The van der Waals surface area contributed by atoms with Crippen molar-refractivity contribution < 1.29 is 18.4 Å². The average Bonchev–Trinajstić information content (AvgIpc) is 3.19. The van der Waals surface area contributed by atoms with E-state index in [1.807, 2.05) is 31.7 Å². The predicted molar refractivity (Wildman–Crippen MR) is 128 cm³/mol. The van der Waals surface area contributed by atoms with E-state index in [2.05, 4.69) is 4.90 Å². The zero-order valence-electron chi connectivity index (χ0n) is 20.0. The van der Waals surface area contributed by atoms with Gasteiger partial charge in [0.1, 0.15) is 11.2 Å². The summed E-state index contributed by atoms with van der Waals surface area (Å²) in [5.74, 6) is 0.884. The average molecular weight is 463 g/mol. The topological polar surface area (TPSA) is 84.0 Å². The van der Waals surface area contributed by atoms with E-state index in [0.717, 1.165) is 58.9 Å². The number of likely N-dealkylation sites (tertiary alicyclic amines) is 1. The maximum Gasteiger partial charge on any atom is 0.340 e. The molecule has 3 atom stereocenters. The first-order valence-corrected chi connectivity index (χ1v) is 12.3. The Morgan fingerprint density at radius 3 is 2.71 bits per heavy atom. The van der Waals surface area contributed by atoms with Crippen molar-refractivity contribution in [3.05, 3.63) is 45.0 Å².